The molecule has 0 saturated heterocycles. The van der Waals surface area contributed by atoms with Crippen molar-refractivity contribution in [3.05, 3.63) is 22.7 Å². The number of carbonyl (C=O) groups is 1. The molecule has 4 nitrogen and oxygen atoms in total. The van der Waals surface area contributed by atoms with E-state index < -0.39 is 0 Å². The van der Waals surface area contributed by atoms with Gasteiger partial charge in [0, 0.05) is 11.6 Å². The van der Waals surface area contributed by atoms with E-state index in [0.717, 1.165) is 0 Å². The van der Waals surface area contributed by atoms with E-state index in [9.17, 15) is 4.79 Å². The zero-order valence-electron chi connectivity index (χ0n) is 9.25. The maximum atomic E-state index is 11.3. The minimum absolute atomic E-state index is 0.122. The van der Waals surface area contributed by atoms with Crippen LogP contribution in [0.25, 0.3) is 0 Å². The van der Waals surface area contributed by atoms with Crippen LogP contribution in [0.3, 0.4) is 0 Å². The Bertz CT molecular complexity index is 393. The predicted octanol–water partition coefficient (Wildman–Crippen LogP) is 2.04. The van der Waals surface area contributed by atoms with Gasteiger partial charge in [-0.25, -0.2) is 0 Å². The molecule has 1 rings (SSSR count). The topological polar surface area (TPSA) is 61.5 Å². The monoisotopic (exact) mass is 243 g/mol. The summed E-state index contributed by atoms with van der Waals surface area (Å²) in [6, 6.07) is 3.21. The average molecular weight is 244 g/mol. The van der Waals surface area contributed by atoms with E-state index in [2.05, 4.69) is 0 Å². The molecule has 0 unspecified atom stereocenters. The number of hydrogen-bond acceptors (Lipinski definition) is 4. The molecule has 0 atom stereocenters. The van der Waals surface area contributed by atoms with Gasteiger partial charge in [-0.1, -0.05) is 11.6 Å². The summed E-state index contributed by atoms with van der Waals surface area (Å²) in [6.07, 6.45) is 0.122. The Morgan fingerprint density at radius 3 is 2.75 bits per heavy atom. The van der Waals surface area contributed by atoms with E-state index in [0.29, 0.717) is 28.6 Å². The first-order valence-corrected chi connectivity index (χ1v) is 5.23. The van der Waals surface area contributed by atoms with Crippen molar-refractivity contribution in [2.24, 2.45) is 0 Å². The maximum absolute atomic E-state index is 11.3. The molecule has 1 aromatic rings. The van der Waals surface area contributed by atoms with Gasteiger partial charge in [-0.05, 0) is 13.0 Å². The van der Waals surface area contributed by atoms with Crippen LogP contribution in [-0.4, -0.2) is 19.7 Å². The van der Waals surface area contributed by atoms with Gasteiger partial charge in [0.2, 0.25) is 0 Å². The second-order valence-corrected chi connectivity index (χ2v) is 3.57. The summed E-state index contributed by atoms with van der Waals surface area (Å²) in [4.78, 5) is 11.3. The number of hydrogen-bond donors (Lipinski definition) is 1. The molecule has 0 aliphatic carbocycles. The van der Waals surface area contributed by atoms with Gasteiger partial charge in [0.15, 0.2) is 0 Å². The van der Waals surface area contributed by atoms with Crippen molar-refractivity contribution in [3.63, 3.8) is 0 Å². The molecule has 1 aromatic carbocycles. The highest BCUT2D eigenvalue weighted by atomic mass is 35.5. The lowest BCUT2D eigenvalue weighted by atomic mass is 10.1. The molecule has 2 N–H and O–H groups in total. The van der Waals surface area contributed by atoms with Crippen LogP contribution in [0.2, 0.25) is 5.02 Å². The van der Waals surface area contributed by atoms with E-state index in [-0.39, 0.29) is 12.4 Å². The quantitative estimate of drug-likeness (QED) is 0.649. The van der Waals surface area contributed by atoms with E-state index >= 15 is 0 Å². The summed E-state index contributed by atoms with van der Waals surface area (Å²) in [5.41, 5.74) is 6.72. The molecule has 0 spiro atoms. The molecule has 5 heteroatoms. The first kappa shape index (κ1) is 12.6. The molecular weight excluding hydrogens is 230 g/mol. The zero-order chi connectivity index (χ0) is 12.1. The SMILES string of the molecule is CCOC(=O)Cc1cc(Cl)c(N)cc1OC. The Morgan fingerprint density at radius 2 is 2.19 bits per heavy atom. The predicted molar refractivity (Wildman–Crippen MR) is 62.8 cm³/mol. The average Bonchev–Trinajstić information content (AvgIpc) is 2.23. The lowest BCUT2D eigenvalue weighted by Gasteiger charge is -2.10. The largest absolute Gasteiger partial charge is 0.496 e. The number of halogens is 1. The molecule has 0 saturated carbocycles. The summed E-state index contributed by atoms with van der Waals surface area (Å²) in [5, 5.41) is 0.403. The third-order valence-corrected chi connectivity index (χ3v) is 2.37. The Labute approximate surface area is 99.3 Å². The molecule has 0 amide bonds. The smallest absolute Gasteiger partial charge is 0.310 e. The maximum Gasteiger partial charge on any atom is 0.310 e. The van der Waals surface area contributed by atoms with Gasteiger partial charge in [-0.15, -0.1) is 0 Å². The van der Waals surface area contributed by atoms with Crippen molar-refractivity contribution >= 4 is 23.3 Å². The van der Waals surface area contributed by atoms with Crippen LogP contribution in [0.15, 0.2) is 12.1 Å². The first-order chi connectivity index (χ1) is 7.58. The fourth-order valence-corrected chi connectivity index (χ4v) is 1.49. The highest BCUT2D eigenvalue weighted by molar-refractivity contribution is 6.33. The molecule has 16 heavy (non-hydrogen) atoms. The van der Waals surface area contributed by atoms with Gasteiger partial charge in [-0.2, -0.15) is 0 Å². The second-order valence-electron chi connectivity index (χ2n) is 3.17. The second kappa shape index (κ2) is 5.61. The third kappa shape index (κ3) is 3.03. The van der Waals surface area contributed by atoms with Crippen molar-refractivity contribution in [2.45, 2.75) is 13.3 Å². The molecular formula is C11H14ClNO3. The van der Waals surface area contributed by atoms with Gasteiger partial charge < -0.3 is 15.2 Å². The van der Waals surface area contributed by atoms with Crippen molar-refractivity contribution < 1.29 is 14.3 Å². The van der Waals surface area contributed by atoms with Crippen LogP contribution < -0.4 is 10.5 Å². The highest BCUT2D eigenvalue weighted by Crippen LogP contribution is 2.29. The standard InChI is InChI=1S/C11H14ClNO3/c1-3-16-11(14)5-7-4-8(12)9(13)6-10(7)15-2/h4,6H,3,5,13H2,1-2H3. The van der Waals surface area contributed by atoms with Gasteiger partial charge in [0.1, 0.15) is 5.75 Å². The number of esters is 1. The Balaban J connectivity index is 2.94. The minimum Gasteiger partial charge on any atom is -0.496 e. The fourth-order valence-electron chi connectivity index (χ4n) is 1.31. The van der Waals surface area contributed by atoms with Crippen LogP contribution in [0, 0.1) is 0 Å². The van der Waals surface area contributed by atoms with Gasteiger partial charge in [0.25, 0.3) is 0 Å². The number of methoxy groups -OCH3 is 1. The van der Waals surface area contributed by atoms with Crippen LogP contribution in [0.5, 0.6) is 5.75 Å². The normalized spacial score (nSPS) is 9.94. The molecule has 0 radical (unpaired) electrons. The summed E-state index contributed by atoms with van der Waals surface area (Å²) >= 11 is 5.87. The van der Waals surface area contributed by atoms with E-state index in [1.165, 1.54) is 7.11 Å². The third-order valence-electron chi connectivity index (χ3n) is 2.04. The molecule has 0 aromatic heterocycles. The van der Waals surface area contributed by atoms with E-state index in [4.69, 9.17) is 26.8 Å². The molecule has 0 fully saturated rings. The van der Waals surface area contributed by atoms with Crippen LogP contribution >= 0.6 is 11.6 Å². The van der Waals surface area contributed by atoms with Crippen molar-refractivity contribution in [2.75, 3.05) is 19.5 Å². The highest BCUT2D eigenvalue weighted by Gasteiger charge is 2.12. The number of rotatable bonds is 4. The number of ether oxygens (including phenoxy) is 2. The fraction of sp³-hybridized carbons (Fsp3) is 0.364. The molecule has 0 heterocycles. The lowest BCUT2D eigenvalue weighted by molar-refractivity contribution is -0.142. The van der Waals surface area contributed by atoms with Crippen molar-refractivity contribution in [1.82, 2.24) is 0 Å². The Morgan fingerprint density at radius 1 is 1.50 bits per heavy atom. The zero-order valence-corrected chi connectivity index (χ0v) is 10.0. The van der Waals surface area contributed by atoms with Gasteiger partial charge >= 0.3 is 5.97 Å². The van der Waals surface area contributed by atoms with Crippen molar-refractivity contribution in [1.29, 1.82) is 0 Å². The molecule has 88 valence electrons. The lowest BCUT2D eigenvalue weighted by Crippen LogP contribution is -2.08. The number of nitrogen functional groups attached to an aromatic ring is 1. The number of benzene rings is 1. The van der Waals surface area contributed by atoms with Crippen LogP contribution in [0.1, 0.15) is 12.5 Å². The summed E-state index contributed by atoms with van der Waals surface area (Å²) < 4.78 is 9.96. The first-order valence-electron chi connectivity index (χ1n) is 4.86. The molecule has 0 aliphatic rings. The summed E-state index contributed by atoms with van der Waals surface area (Å²) in [7, 11) is 1.51. The molecule has 0 bridgehead atoms. The summed E-state index contributed by atoms with van der Waals surface area (Å²) in [5.74, 6) is 0.219. The summed E-state index contributed by atoms with van der Waals surface area (Å²) in [6.45, 7) is 2.11. The van der Waals surface area contributed by atoms with E-state index in [1.54, 1.807) is 19.1 Å². The Kier molecular flexibility index (Phi) is 4.43. The van der Waals surface area contributed by atoms with Crippen molar-refractivity contribution in [3.8, 4) is 5.75 Å². The van der Waals surface area contributed by atoms with Crippen LogP contribution in [-0.2, 0) is 16.0 Å². The minimum atomic E-state index is -0.318. The number of nitrogens with two attached hydrogens (primary N) is 1. The Hall–Kier alpha value is -1.42. The van der Waals surface area contributed by atoms with Crippen LogP contribution in [0.4, 0.5) is 5.69 Å². The van der Waals surface area contributed by atoms with Gasteiger partial charge in [0.05, 0.1) is 30.8 Å². The number of carbonyl (C=O) groups excluding carboxylic acids is 1. The number of anilines is 1. The van der Waals surface area contributed by atoms with Gasteiger partial charge in [-0.3, -0.25) is 4.79 Å². The van der Waals surface area contributed by atoms with E-state index in [1.807, 2.05) is 0 Å². The molecule has 0 aliphatic heterocycles.